The Morgan fingerprint density at radius 1 is 1.09 bits per heavy atom. The molecule has 35 heavy (non-hydrogen) atoms. The lowest BCUT2D eigenvalue weighted by atomic mass is 10.1. The second kappa shape index (κ2) is 9.54. The minimum Gasteiger partial charge on any atom is -0.497 e. The van der Waals surface area contributed by atoms with Gasteiger partial charge in [-0.15, -0.1) is 0 Å². The highest BCUT2D eigenvalue weighted by Crippen LogP contribution is 2.32. The molecule has 1 aliphatic rings. The fourth-order valence-electron chi connectivity index (χ4n) is 4.25. The molecule has 0 amide bonds. The van der Waals surface area contributed by atoms with Crippen LogP contribution in [-0.4, -0.2) is 31.4 Å². The quantitative estimate of drug-likeness (QED) is 0.382. The molecule has 0 atom stereocenters. The maximum absolute atomic E-state index is 14.4. The maximum Gasteiger partial charge on any atom is 0.277 e. The molecule has 182 valence electrons. The second-order valence-electron chi connectivity index (χ2n) is 8.52. The molecule has 7 nitrogen and oxygen atoms in total. The Balaban J connectivity index is 1.41. The Morgan fingerprint density at radius 2 is 1.83 bits per heavy atom. The lowest BCUT2D eigenvalue weighted by Gasteiger charge is -2.22. The number of nitrogens with two attached hydrogens (primary N) is 1. The van der Waals surface area contributed by atoms with E-state index in [4.69, 9.17) is 14.9 Å². The number of benzene rings is 3. The predicted molar refractivity (Wildman–Crippen MR) is 136 cm³/mol. The normalized spacial score (nSPS) is 13.8. The van der Waals surface area contributed by atoms with Crippen LogP contribution < -0.4 is 14.8 Å². The number of hydrogen-bond acceptors (Lipinski definition) is 6. The van der Waals surface area contributed by atoms with E-state index in [1.807, 2.05) is 48.5 Å². The number of nitrogens with zero attached hydrogens (tertiary/aromatic N) is 3. The third kappa shape index (κ3) is 5.15. The van der Waals surface area contributed by atoms with Gasteiger partial charge in [-0.1, -0.05) is 47.7 Å². The molecule has 1 aliphatic heterocycles. The van der Waals surface area contributed by atoms with Crippen molar-refractivity contribution in [3.63, 3.8) is 0 Å². The zero-order chi connectivity index (χ0) is 24.6. The van der Waals surface area contributed by atoms with Crippen molar-refractivity contribution in [2.75, 3.05) is 18.6 Å². The van der Waals surface area contributed by atoms with Gasteiger partial charge in [0.1, 0.15) is 11.6 Å². The van der Waals surface area contributed by atoms with E-state index in [2.05, 4.69) is 4.90 Å². The van der Waals surface area contributed by atoms with Crippen molar-refractivity contribution in [1.29, 1.82) is 0 Å². The van der Waals surface area contributed by atoms with E-state index in [1.54, 1.807) is 13.2 Å². The Bertz CT molecular complexity index is 1470. The average molecular weight is 513 g/mol. The summed E-state index contributed by atoms with van der Waals surface area (Å²) in [4.78, 5) is 6.85. The van der Waals surface area contributed by atoms with E-state index < -0.39 is 10.2 Å². The van der Waals surface area contributed by atoms with Gasteiger partial charge in [-0.3, -0.25) is 0 Å². The van der Waals surface area contributed by atoms with Crippen LogP contribution in [0.1, 0.15) is 22.3 Å². The number of methoxy groups -OCH3 is 1. The van der Waals surface area contributed by atoms with Crippen molar-refractivity contribution in [3.8, 4) is 5.75 Å². The summed E-state index contributed by atoms with van der Waals surface area (Å²) in [5.74, 6) is 0.529. The van der Waals surface area contributed by atoms with Gasteiger partial charge in [0.05, 0.1) is 17.3 Å². The average Bonchev–Trinajstić information content (AvgIpc) is 3.47. The van der Waals surface area contributed by atoms with Gasteiger partial charge in [-0.25, -0.2) is 14.5 Å². The van der Waals surface area contributed by atoms with Crippen LogP contribution in [0.15, 0.2) is 60.7 Å². The van der Waals surface area contributed by atoms with Crippen LogP contribution >= 0.6 is 11.3 Å². The molecule has 4 aromatic rings. The van der Waals surface area contributed by atoms with Crippen LogP contribution in [0.4, 0.5) is 9.52 Å². The third-order valence-electron chi connectivity index (χ3n) is 6.15. The number of thiazole rings is 1. The smallest absolute Gasteiger partial charge is 0.277 e. The molecule has 10 heteroatoms. The number of halogens is 1. The molecule has 2 N–H and O–H groups in total. The standard InChI is InChI=1S/C25H25FN4O3S2/c1-33-21-9-6-17(7-10-21)11-12-29(25-28-23-4-2-3-22(26)24(23)34-25)14-18-5-8-19-15-30(35(27,31)32)16-20(19)13-18/h2-10,13H,11-12,14-16H2,1H3,(H2,27,31,32). The van der Waals surface area contributed by atoms with Gasteiger partial charge in [-0.2, -0.15) is 12.7 Å². The number of ether oxygens (including phenoxy) is 1. The summed E-state index contributed by atoms with van der Waals surface area (Å²) in [6.45, 7) is 1.78. The SMILES string of the molecule is COc1ccc(CCN(Cc2ccc3c(c2)CN(S(N)(=O)=O)C3)c2nc3cccc(F)c3s2)cc1. The van der Waals surface area contributed by atoms with Crippen molar-refractivity contribution in [2.45, 2.75) is 26.1 Å². The number of rotatable bonds is 8. The molecule has 0 spiro atoms. The van der Waals surface area contributed by atoms with Crippen LogP contribution in [0, 0.1) is 5.82 Å². The zero-order valence-electron chi connectivity index (χ0n) is 19.1. The van der Waals surface area contributed by atoms with Gasteiger partial charge in [0.2, 0.25) is 0 Å². The summed E-state index contributed by atoms with van der Waals surface area (Å²) in [6, 6.07) is 18.8. The summed E-state index contributed by atoms with van der Waals surface area (Å²) < 4.78 is 45.0. The van der Waals surface area contributed by atoms with Gasteiger partial charge < -0.3 is 9.64 Å². The second-order valence-corrected chi connectivity index (χ2v) is 11.0. The minimum absolute atomic E-state index is 0.264. The van der Waals surface area contributed by atoms with Gasteiger partial charge in [0.25, 0.3) is 10.2 Å². The molecule has 0 aliphatic carbocycles. The number of hydrogen-bond donors (Lipinski definition) is 1. The molecule has 1 aromatic heterocycles. The van der Waals surface area contributed by atoms with Gasteiger partial charge in [0.15, 0.2) is 5.13 Å². The van der Waals surface area contributed by atoms with E-state index in [1.165, 1.54) is 21.7 Å². The molecule has 0 saturated heterocycles. The lowest BCUT2D eigenvalue weighted by Crippen LogP contribution is -2.32. The van der Waals surface area contributed by atoms with Crippen LogP contribution in [-0.2, 0) is 36.3 Å². The van der Waals surface area contributed by atoms with Crippen molar-refractivity contribution < 1.29 is 17.5 Å². The van der Waals surface area contributed by atoms with E-state index in [0.717, 1.165) is 39.6 Å². The summed E-state index contributed by atoms with van der Waals surface area (Å²) in [6.07, 6.45) is 0.770. The molecule has 5 rings (SSSR count). The topological polar surface area (TPSA) is 88.8 Å². The molecule has 0 fully saturated rings. The first-order valence-corrected chi connectivity index (χ1v) is 13.4. The highest BCUT2D eigenvalue weighted by Gasteiger charge is 2.26. The summed E-state index contributed by atoms with van der Waals surface area (Å²) in [7, 11) is -2.10. The number of aromatic nitrogens is 1. The van der Waals surface area contributed by atoms with Gasteiger partial charge in [-0.05, 0) is 52.9 Å². The Labute approximate surface area is 207 Å². The first-order valence-electron chi connectivity index (χ1n) is 11.1. The largest absolute Gasteiger partial charge is 0.497 e. The number of anilines is 1. The Morgan fingerprint density at radius 3 is 2.54 bits per heavy atom. The summed E-state index contributed by atoms with van der Waals surface area (Å²) >= 11 is 1.34. The van der Waals surface area contributed by atoms with Crippen LogP contribution in [0.2, 0.25) is 0 Å². The van der Waals surface area contributed by atoms with Crippen molar-refractivity contribution in [3.05, 3.63) is 88.7 Å². The third-order valence-corrected chi connectivity index (χ3v) is 8.27. The lowest BCUT2D eigenvalue weighted by molar-refractivity contribution is 0.414. The molecule has 2 heterocycles. The van der Waals surface area contributed by atoms with E-state index in [9.17, 15) is 12.8 Å². The highest BCUT2D eigenvalue weighted by molar-refractivity contribution is 7.86. The van der Waals surface area contributed by atoms with E-state index >= 15 is 0 Å². The maximum atomic E-state index is 14.4. The fourth-order valence-corrected chi connectivity index (χ4v) is 5.89. The Kier molecular flexibility index (Phi) is 6.45. The molecular weight excluding hydrogens is 487 g/mol. The van der Waals surface area contributed by atoms with Gasteiger partial charge >= 0.3 is 0 Å². The van der Waals surface area contributed by atoms with Crippen molar-refractivity contribution >= 4 is 36.9 Å². The van der Waals surface area contributed by atoms with Crippen LogP contribution in [0.3, 0.4) is 0 Å². The molecule has 3 aromatic carbocycles. The molecule has 0 saturated carbocycles. The highest BCUT2D eigenvalue weighted by atomic mass is 32.2. The summed E-state index contributed by atoms with van der Waals surface area (Å²) in [5.41, 5.74) is 4.71. The monoisotopic (exact) mass is 512 g/mol. The zero-order valence-corrected chi connectivity index (χ0v) is 20.8. The molecule has 0 unspecified atom stereocenters. The Hall–Kier alpha value is -3.05. The molecular formula is C25H25FN4O3S2. The predicted octanol–water partition coefficient (Wildman–Crippen LogP) is 4.21. The fraction of sp³-hybridized carbons (Fsp3) is 0.240. The minimum atomic E-state index is -3.74. The molecule has 0 radical (unpaired) electrons. The molecule has 0 bridgehead atoms. The van der Waals surface area contributed by atoms with Gasteiger partial charge in [0, 0.05) is 26.2 Å². The number of fused-ring (bicyclic) bond motifs is 2. The van der Waals surface area contributed by atoms with E-state index in [-0.39, 0.29) is 18.9 Å². The van der Waals surface area contributed by atoms with E-state index in [0.29, 0.717) is 23.3 Å². The van der Waals surface area contributed by atoms with Crippen LogP contribution in [0.25, 0.3) is 10.2 Å². The summed E-state index contributed by atoms with van der Waals surface area (Å²) in [5, 5.41) is 6.06. The van der Waals surface area contributed by atoms with Crippen LogP contribution in [0.5, 0.6) is 5.75 Å². The van der Waals surface area contributed by atoms with Crippen molar-refractivity contribution in [2.24, 2.45) is 5.14 Å². The first kappa shape index (κ1) is 23.7. The first-order chi connectivity index (χ1) is 16.8. The van der Waals surface area contributed by atoms with Crippen molar-refractivity contribution in [1.82, 2.24) is 9.29 Å².